The van der Waals surface area contributed by atoms with Crippen LogP contribution in [0.2, 0.25) is 0 Å². The summed E-state index contributed by atoms with van der Waals surface area (Å²) in [5.74, 6) is -1.58. The quantitative estimate of drug-likeness (QED) is 0.751. The number of rotatable bonds is 8. The van der Waals surface area contributed by atoms with Crippen molar-refractivity contribution in [1.29, 1.82) is 0 Å². The smallest absolute Gasteiger partial charge is 0.322 e. The van der Waals surface area contributed by atoms with Crippen molar-refractivity contribution in [3.8, 4) is 0 Å². The van der Waals surface area contributed by atoms with Gasteiger partial charge in [0, 0.05) is 12.6 Å². The van der Waals surface area contributed by atoms with Gasteiger partial charge in [-0.3, -0.25) is 14.5 Å². The Hall–Kier alpha value is -1.95. The molecule has 0 atom stereocenters. The Morgan fingerprint density at radius 3 is 2.52 bits per heavy atom. The van der Waals surface area contributed by atoms with E-state index < -0.39 is 5.97 Å². The summed E-state index contributed by atoms with van der Waals surface area (Å²) in [6.45, 7) is 0.561. The van der Waals surface area contributed by atoms with Crippen molar-refractivity contribution in [2.24, 2.45) is 0 Å². The van der Waals surface area contributed by atoms with Crippen LogP contribution in [0.3, 0.4) is 0 Å². The van der Waals surface area contributed by atoms with Crippen LogP contribution in [0.1, 0.15) is 18.4 Å². The minimum absolute atomic E-state index is 0.207. The number of carboxylic acids is 1. The number of aliphatic carboxylic acids is 1. The Labute approximate surface area is 122 Å². The number of benzene rings is 1. The van der Waals surface area contributed by atoms with Crippen LogP contribution in [0, 0.1) is 5.82 Å². The van der Waals surface area contributed by atoms with E-state index in [1.807, 2.05) is 0 Å². The second kappa shape index (κ2) is 7.17. The average Bonchev–Trinajstić information content (AvgIpc) is 3.27. The van der Waals surface area contributed by atoms with Gasteiger partial charge in [-0.1, -0.05) is 12.1 Å². The van der Waals surface area contributed by atoms with E-state index in [-0.39, 0.29) is 24.8 Å². The van der Waals surface area contributed by atoms with Crippen LogP contribution in [0.5, 0.6) is 0 Å². The van der Waals surface area contributed by atoms with Crippen molar-refractivity contribution in [2.45, 2.75) is 25.3 Å². The van der Waals surface area contributed by atoms with Gasteiger partial charge in [-0.2, -0.15) is 0 Å². The molecule has 21 heavy (non-hydrogen) atoms. The van der Waals surface area contributed by atoms with Gasteiger partial charge in [-0.05, 0) is 37.0 Å². The van der Waals surface area contributed by atoms with E-state index in [1.54, 1.807) is 12.1 Å². The van der Waals surface area contributed by atoms with Crippen LogP contribution in [0.4, 0.5) is 4.39 Å². The number of carbonyl (C=O) groups is 2. The zero-order valence-electron chi connectivity index (χ0n) is 11.7. The highest BCUT2D eigenvalue weighted by atomic mass is 19.1. The predicted molar refractivity (Wildman–Crippen MR) is 75.3 cm³/mol. The Morgan fingerprint density at radius 1 is 1.29 bits per heavy atom. The molecule has 5 nitrogen and oxygen atoms in total. The third-order valence-corrected chi connectivity index (χ3v) is 3.45. The van der Waals surface area contributed by atoms with Crippen LogP contribution in [0.25, 0.3) is 0 Å². The molecule has 1 amide bonds. The van der Waals surface area contributed by atoms with Gasteiger partial charge >= 0.3 is 5.97 Å². The highest BCUT2D eigenvalue weighted by Gasteiger charge is 2.29. The van der Waals surface area contributed by atoms with Crippen LogP contribution in [0.15, 0.2) is 24.3 Å². The molecule has 0 unspecified atom stereocenters. The minimum Gasteiger partial charge on any atom is -0.480 e. The SMILES string of the molecule is O=C(O)CNC(=O)CN(CCc1ccc(F)cc1)C1CC1. The van der Waals surface area contributed by atoms with E-state index >= 15 is 0 Å². The van der Waals surface area contributed by atoms with Crippen molar-refractivity contribution in [3.63, 3.8) is 0 Å². The molecule has 1 aromatic rings. The second-order valence-corrected chi connectivity index (χ2v) is 5.25. The number of nitrogens with one attached hydrogen (secondary N) is 1. The Kier molecular flexibility index (Phi) is 5.27. The lowest BCUT2D eigenvalue weighted by Gasteiger charge is -2.21. The number of hydrogen-bond donors (Lipinski definition) is 2. The molecule has 0 radical (unpaired) electrons. The summed E-state index contributed by atoms with van der Waals surface area (Å²) in [5.41, 5.74) is 1.02. The van der Waals surface area contributed by atoms with Crippen molar-refractivity contribution < 1.29 is 19.1 Å². The van der Waals surface area contributed by atoms with Gasteiger partial charge in [0.25, 0.3) is 0 Å². The standard InChI is InChI=1S/C15H19FN2O3/c16-12-3-1-11(2-4-12)7-8-18(13-5-6-13)10-14(19)17-9-15(20)21/h1-4,13H,5-10H2,(H,17,19)(H,20,21). The van der Waals surface area contributed by atoms with Crippen molar-refractivity contribution in [3.05, 3.63) is 35.6 Å². The minimum atomic E-state index is -1.05. The Morgan fingerprint density at radius 2 is 1.95 bits per heavy atom. The molecule has 0 bridgehead atoms. The zero-order chi connectivity index (χ0) is 15.2. The molecular formula is C15H19FN2O3. The summed E-state index contributed by atoms with van der Waals surface area (Å²) >= 11 is 0. The van der Waals surface area contributed by atoms with Crippen LogP contribution >= 0.6 is 0 Å². The van der Waals surface area contributed by atoms with Crippen molar-refractivity contribution >= 4 is 11.9 Å². The van der Waals surface area contributed by atoms with E-state index in [0.717, 1.165) is 24.8 Å². The van der Waals surface area contributed by atoms with Crippen LogP contribution in [-0.2, 0) is 16.0 Å². The van der Waals surface area contributed by atoms with Crippen LogP contribution < -0.4 is 5.32 Å². The molecule has 1 aliphatic rings. The van der Waals surface area contributed by atoms with Gasteiger partial charge in [0.15, 0.2) is 0 Å². The molecule has 2 N–H and O–H groups in total. The highest BCUT2D eigenvalue weighted by Crippen LogP contribution is 2.26. The Bertz CT molecular complexity index is 500. The lowest BCUT2D eigenvalue weighted by Crippen LogP contribution is -2.41. The van der Waals surface area contributed by atoms with Gasteiger partial charge < -0.3 is 10.4 Å². The van der Waals surface area contributed by atoms with E-state index in [1.165, 1.54) is 12.1 Å². The first-order chi connectivity index (χ1) is 10.0. The maximum Gasteiger partial charge on any atom is 0.322 e. The molecule has 0 saturated heterocycles. The molecule has 0 heterocycles. The summed E-state index contributed by atoms with van der Waals surface area (Å²) in [4.78, 5) is 24.2. The van der Waals surface area contributed by atoms with E-state index in [9.17, 15) is 14.0 Å². The summed E-state index contributed by atoms with van der Waals surface area (Å²) in [6, 6.07) is 6.74. The molecule has 0 aromatic heterocycles. The monoisotopic (exact) mass is 294 g/mol. The molecule has 1 saturated carbocycles. The molecule has 2 rings (SSSR count). The normalized spacial score (nSPS) is 14.2. The van der Waals surface area contributed by atoms with Crippen molar-refractivity contribution in [2.75, 3.05) is 19.6 Å². The molecule has 1 fully saturated rings. The van der Waals surface area contributed by atoms with E-state index in [2.05, 4.69) is 10.2 Å². The maximum atomic E-state index is 12.8. The summed E-state index contributed by atoms with van der Waals surface area (Å²) in [7, 11) is 0. The van der Waals surface area contributed by atoms with Gasteiger partial charge in [0.2, 0.25) is 5.91 Å². The molecule has 1 aliphatic carbocycles. The van der Waals surface area contributed by atoms with Gasteiger partial charge in [0.05, 0.1) is 6.54 Å². The summed E-state index contributed by atoms with van der Waals surface area (Å²) in [5, 5.41) is 10.9. The largest absolute Gasteiger partial charge is 0.480 e. The predicted octanol–water partition coefficient (Wildman–Crippen LogP) is 1.03. The number of carbonyl (C=O) groups excluding carboxylic acids is 1. The van der Waals surface area contributed by atoms with Gasteiger partial charge in [-0.25, -0.2) is 4.39 Å². The first kappa shape index (κ1) is 15.4. The topological polar surface area (TPSA) is 69.6 Å². The highest BCUT2D eigenvalue weighted by molar-refractivity contribution is 5.82. The third kappa shape index (κ3) is 5.51. The molecule has 6 heteroatoms. The average molecular weight is 294 g/mol. The van der Waals surface area contributed by atoms with Crippen molar-refractivity contribution in [1.82, 2.24) is 10.2 Å². The molecular weight excluding hydrogens is 275 g/mol. The lowest BCUT2D eigenvalue weighted by atomic mass is 10.1. The number of halogens is 1. The zero-order valence-corrected chi connectivity index (χ0v) is 11.7. The summed E-state index contributed by atoms with van der Waals surface area (Å²) < 4.78 is 12.8. The molecule has 1 aromatic carbocycles. The molecule has 114 valence electrons. The lowest BCUT2D eigenvalue weighted by molar-refractivity contribution is -0.138. The number of amides is 1. The molecule has 0 spiro atoms. The first-order valence-electron chi connectivity index (χ1n) is 7.01. The summed E-state index contributed by atoms with van der Waals surface area (Å²) in [6.07, 6.45) is 2.87. The number of hydrogen-bond acceptors (Lipinski definition) is 3. The Balaban J connectivity index is 1.80. The second-order valence-electron chi connectivity index (χ2n) is 5.25. The number of carboxylic acid groups (broad SMARTS) is 1. The van der Waals surface area contributed by atoms with E-state index in [0.29, 0.717) is 12.6 Å². The maximum absolute atomic E-state index is 12.8. The van der Waals surface area contributed by atoms with Gasteiger partial charge in [0.1, 0.15) is 12.4 Å². The van der Waals surface area contributed by atoms with Crippen LogP contribution in [-0.4, -0.2) is 47.6 Å². The fraction of sp³-hybridized carbons (Fsp3) is 0.467. The number of nitrogens with zero attached hydrogens (tertiary/aromatic N) is 1. The first-order valence-corrected chi connectivity index (χ1v) is 7.01. The fourth-order valence-electron chi connectivity index (χ4n) is 2.17. The fourth-order valence-corrected chi connectivity index (χ4v) is 2.17. The van der Waals surface area contributed by atoms with E-state index in [4.69, 9.17) is 5.11 Å². The molecule has 0 aliphatic heterocycles. The van der Waals surface area contributed by atoms with Gasteiger partial charge in [-0.15, -0.1) is 0 Å². The third-order valence-electron chi connectivity index (χ3n) is 3.45.